The van der Waals surface area contributed by atoms with E-state index in [1.54, 1.807) is 0 Å². The molecule has 1 aromatic heterocycles. The van der Waals surface area contributed by atoms with Crippen molar-refractivity contribution in [2.24, 2.45) is 0 Å². The summed E-state index contributed by atoms with van der Waals surface area (Å²) < 4.78 is 77.9. The van der Waals surface area contributed by atoms with E-state index in [2.05, 4.69) is 9.97 Å². The van der Waals surface area contributed by atoms with E-state index in [-0.39, 0.29) is 32.6 Å². The second-order valence-corrected chi connectivity index (χ2v) is 8.58. The molecule has 148 valence electrons. The largest absolute Gasteiger partial charge is 0.337 e. The molecule has 28 heavy (non-hydrogen) atoms. The van der Waals surface area contributed by atoms with Crippen LogP contribution in [-0.4, -0.2) is 24.6 Å². The quantitative estimate of drug-likeness (QED) is 0.518. The van der Waals surface area contributed by atoms with Crippen molar-refractivity contribution >= 4 is 33.0 Å². The summed E-state index contributed by atoms with van der Waals surface area (Å²) in [5.74, 6) is -3.46. The Morgan fingerprint density at radius 2 is 1.61 bits per heavy atom. The SMILES string of the molecule is CS(=O)(=O)c1c(F)cc(-c2nc(C(F)F)[nH]c2-c2ccc(Cl)c(Cl)c2)cc1F. The lowest BCUT2D eigenvalue weighted by Crippen LogP contribution is -2.05. The average Bonchev–Trinajstić information content (AvgIpc) is 3.01. The number of rotatable bonds is 4. The number of hydrogen-bond acceptors (Lipinski definition) is 3. The molecule has 2 aromatic carbocycles. The molecule has 0 fully saturated rings. The van der Waals surface area contributed by atoms with Crippen molar-refractivity contribution < 1.29 is 26.0 Å². The lowest BCUT2D eigenvalue weighted by atomic mass is 10.0. The van der Waals surface area contributed by atoms with Gasteiger partial charge in [0.25, 0.3) is 6.43 Å². The second kappa shape index (κ2) is 7.38. The number of aromatic nitrogens is 2. The lowest BCUT2D eigenvalue weighted by molar-refractivity contribution is 0.141. The van der Waals surface area contributed by atoms with Crippen LogP contribution in [0.3, 0.4) is 0 Å². The number of H-pyrrole nitrogens is 1. The summed E-state index contributed by atoms with van der Waals surface area (Å²) >= 11 is 11.8. The number of imidazole rings is 1. The van der Waals surface area contributed by atoms with Crippen molar-refractivity contribution in [1.29, 1.82) is 0 Å². The predicted octanol–water partition coefficient (Wildman–Crippen LogP) is 5.67. The minimum absolute atomic E-state index is 0.0137. The van der Waals surface area contributed by atoms with Crippen LogP contribution in [0.4, 0.5) is 17.6 Å². The fourth-order valence-corrected chi connectivity index (χ4v) is 3.74. The van der Waals surface area contributed by atoms with Crippen molar-refractivity contribution in [3.63, 3.8) is 0 Å². The molecule has 0 atom stereocenters. The smallest absolute Gasteiger partial charge is 0.295 e. The molecule has 11 heteroatoms. The van der Waals surface area contributed by atoms with Crippen LogP contribution < -0.4 is 0 Å². The number of aromatic amines is 1. The molecule has 0 aliphatic rings. The summed E-state index contributed by atoms with van der Waals surface area (Å²) in [6.07, 6.45) is -2.33. The first-order valence-electron chi connectivity index (χ1n) is 7.52. The van der Waals surface area contributed by atoms with Crippen LogP contribution in [0.1, 0.15) is 12.2 Å². The summed E-state index contributed by atoms with van der Waals surface area (Å²) in [5, 5.41) is 0.346. The molecule has 3 aromatic rings. The normalized spacial score (nSPS) is 12.0. The summed E-state index contributed by atoms with van der Waals surface area (Å²) in [6.45, 7) is 0. The van der Waals surface area contributed by atoms with Crippen molar-refractivity contribution in [2.45, 2.75) is 11.3 Å². The van der Waals surface area contributed by atoms with Gasteiger partial charge in [0.1, 0.15) is 16.5 Å². The third kappa shape index (κ3) is 3.87. The molecule has 0 saturated heterocycles. The van der Waals surface area contributed by atoms with Gasteiger partial charge in [-0.05, 0) is 24.3 Å². The van der Waals surface area contributed by atoms with Crippen molar-refractivity contribution in [3.8, 4) is 22.5 Å². The summed E-state index contributed by atoms with van der Waals surface area (Å²) in [4.78, 5) is 5.00. The second-order valence-electron chi connectivity index (χ2n) is 5.82. The van der Waals surface area contributed by atoms with Gasteiger partial charge in [-0.15, -0.1) is 0 Å². The maximum atomic E-state index is 14.3. The Bertz CT molecular complexity index is 1160. The first-order valence-corrected chi connectivity index (χ1v) is 10.2. The van der Waals surface area contributed by atoms with Crippen molar-refractivity contribution in [2.75, 3.05) is 6.26 Å². The Kier molecular flexibility index (Phi) is 5.44. The van der Waals surface area contributed by atoms with Gasteiger partial charge >= 0.3 is 0 Å². The number of sulfone groups is 1. The van der Waals surface area contributed by atoms with Crippen LogP contribution in [0.5, 0.6) is 0 Å². The highest BCUT2D eigenvalue weighted by molar-refractivity contribution is 7.90. The first kappa shape index (κ1) is 20.6. The van der Waals surface area contributed by atoms with Crippen molar-refractivity contribution in [1.82, 2.24) is 9.97 Å². The third-order valence-electron chi connectivity index (χ3n) is 3.78. The fourth-order valence-electron chi connectivity index (χ4n) is 2.62. The third-order valence-corrected chi connectivity index (χ3v) is 5.65. The maximum Gasteiger partial charge on any atom is 0.295 e. The molecule has 0 amide bonds. The predicted molar refractivity (Wildman–Crippen MR) is 97.5 cm³/mol. The topological polar surface area (TPSA) is 62.8 Å². The van der Waals surface area contributed by atoms with Gasteiger partial charge in [0.05, 0.1) is 21.4 Å². The van der Waals surface area contributed by atoms with Gasteiger partial charge in [-0.2, -0.15) is 0 Å². The van der Waals surface area contributed by atoms with Gasteiger partial charge in [-0.3, -0.25) is 0 Å². The Balaban J connectivity index is 2.26. The van der Waals surface area contributed by atoms with E-state index in [1.807, 2.05) is 0 Å². The Morgan fingerprint density at radius 1 is 1.00 bits per heavy atom. The highest BCUT2D eigenvalue weighted by atomic mass is 35.5. The summed E-state index contributed by atoms with van der Waals surface area (Å²) in [7, 11) is -4.17. The summed E-state index contributed by atoms with van der Waals surface area (Å²) in [5.41, 5.74) is -0.130. The number of hydrogen-bond donors (Lipinski definition) is 1. The van der Waals surface area contributed by atoms with Crippen LogP contribution in [0, 0.1) is 11.6 Å². The molecule has 0 aliphatic heterocycles. The van der Waals surface area contributed by atoms with Gasteiger partial charge in [-0.25, -0.2) is 31.0 Å². The molecular weight excluding hydrogens is 443 g/mol. The summed E-state index contributed by atoms with van der Waals surface area (Å²) in [6, 6.07) is 5.67. The number of alkyl halides is 2. The molecule has 0 saturated carbocycles. The maximum absolute atomic E-state index is 14.3. The molecule has 0 unspecified atom stereocenters. The minimum Gasteiger partial charge on any atom is -0.337 e. The first-order chi connectivity index (χ1) is 13.0. The van der Waals surface area contributed by atoms with Crippen LogP contribution >= 0.6 is 23.2 Å². The van der Waals surface area contributed by atoms with E-state index in [9.17, 15) is 26.0 Å². The molecular formula is C17H10Cl2F4N2O2S. The molecule has 0 radical (unpaired) electrons. The highest BCUT2D eigenvalue weighted by Gasteiger charge is 2.25. The van der Waals surface area contributed by atoms with Crippen LogP contribution in [0.2, 0.25) is 10.0 Å². The van der Waals surface area contributed by atoms with Crippen LogP contribution in [0.25, 0.3) is 22.5 Å². The zero-order valence-electron chi connectivity index (χ0n) is 13.9. The van der Waals surface area contributed by atoms with Gasteiger partial charge in [0.15, 0.2) is 15.7 Å². The van der Waals surface area contributed by atoms with E-state index >= 15 is 0 Å². The fraction of sp³-hybridized carbons (Fsp3) is 0.118. The van der Waals surface area contributed by atoms with Gasteiger partial charge in [0, 0.05) is 17.4 Å². The highest BCUT2D eigenvalue weighted by Crippen LogP contribution is 2.36. The minimum atomic E-state index is -4.17. The number of nitrogens with one attached hydrogen (secondary N) is 1. The monoisotopic (exact) mass is 452 g/mol. The zero-order valence-corrected chi connectivity index (χ0v) is 16.2. The standard InChI is InChI=1S/C17H10Cl2F4N2O2S/c1-28(26,27)15-11(20)5-8(6-12(15)21)14-13(24-17(25-14)16(22)23)7-2-3-9(18)10(19)4-7/h2-6,16H,1H3,(H,24,25). The van der Waals surface area contributed by atoms with E-state index in [0.717, 1.165) is 0 Å². The zero-order chi connectivity index (χ0) is 20.8. The Labute approximate surface area is 167 Å². The van der Waals surface area contributed by atoms with Crippen molar-refractivity contribution in [3.05, 3.63) is 57.8 Å². The van der Waals surface area contributed by atoms with Crippen LogP contribution in [-0.2, 0) is 9.84 Å². The average molecular weight is 453 g/mol. The van der Waals surface area contributed by atoms with Crippen LogP contribution in [0.15, 0.2) is 35.2 Å². The molecule has 0 bridgehead atoms. The Hall–Kier alpha value is -2.10. The molecule has 0 aliphatic carbocycles. The molecule has 1 N–H and O–H groups in total. The van der Waals surface area contributed by atoms with Gasteiger partial charge < -0.3 is 4.98 Å². The van der Waals surface area contributed by atoms with E-state index in [0.29, 0.717) is 18.4 Å². The van der Waals surface area contributed by atoms with Gasteiger partial charge in [0.2, 0.25) is 0 Å². The molecule has 4 nitrogen and oxygen atoms in total. The molecule has 1 heterocycles. The number of halogens is 6. The Morgan fingerprint density at radius 3 is 2.11 bits per heavy atom. The van der Waals surface area contributed by atoms with E-state index in [4.69, 9.17) is 23.2 Å². The molecule has 0 spiro atoms. The van der Waals surface area contributed by atoms with E-state index < -0.39 is 38.6 Å². The van der Waals surface area contributed by atoms with Gasteiger partial charge in [-0.1, -0.05) is 29.3 Å². The van der Waals surface area contributed by atoms with E-state index in [1.165, 1.54) is 18.2 Å². The molecule has 3 rings (SSSR count). The number of benzene rings is 2. The lowest BCUT2D eigenvalue weighted by Gasteiger charge is -2.08. The number of nitrogens with zero attached hydrogens (tertiary/aromatic N) is 1.